The van der Waals surface area contributed by atoms with Crippen molar-refractivity contribution in [1.82, 2.24) is 0 Å². The number of hydrogen-bond acceptors (Lipinski definition) is 1. The van der Waals surface area contributed by atoms with E-state index in [0.717, 1.165) is 24.3 Å². The molecule has 0 spiro atoms. The summed E-state index contributed by atoms with van der Waals surface area (Å²) in [6, 6.07) is 0. The van der Waals surface area contributed by atoms with Crippen LogP contribution in [0.25, 0.3) is 0 Å². The van der Waals surface area contributed by atoms with Gasteiger partial charge in [0.25, 0.3) is 0 Å². The quantitative estimate of drug-likeness (QED) is 0.755. The maximum Gasteiger partial charge on any atom is -0.00179 e. The average molecular weight is 209 g/mol. The van der Waals surface area contributed by atoms with E-state index in [-0.39, 0.29) is 0 Å². The lowest BCUT2D eigenvalue weighted by Crippen LogP contribution is -2.45. The molecule has 0 saturated heterocycles. The summed E-state index contributed by atoms with van der Waals surface area (Å²) in [6.45, 7) is 5.71. The van der Waals surface area contributed by atoms with Crippen LogP contribution >= 0.6 is 0 Å². The van der Waals surface area contributed by atoms with Crippen molar-refractivity contribution in [2.75, 3.05) is 6.54 Å². The molecule has 0 unspecified atom stereocenters. The van der Waals surface area contributed by atoms with E-state index in [1.165, 1.54) is 44.9 Å². The van der Waals surface area contributed by atoms with Crippen molar-refractivity contribution in [2.45, 2.75) is 58.8 Å². The molecule has 2 fully saturated rings. The molecule has 1 heteroatoms. The van der Waals surface area contributed by atoms with Gasteiger partial charge in [-0.05, 0) is 68.2 Å². The van der Waals surface area contributed by atoms with Crippen molar-refractivity contribution < 1.29 is 0 Å². The maximum atomic E-state index is 5.99. The molecule has 0 aromatic carbocycles. The number of hydrogen-bond donors (Lipinski definition) is 1. The van der Waals surface area contributed by atoms with Gasteiger partial charge in [0.15, 0.2) is 0 Å². The fourth-order valence-electron chi connectivity index (χ4n) is 3.81. The Labute approximate surface area is 94.8 Å². The molecule has 1 nitrogen and oxygen atoms in total. The van der Waals surface area contributed by atoms with Crippen LogP contribution in [0, 0.1) is 23.2 Å². The van der Waals surface area contributed by atoms with Crippen molar-refractivity contribution >= 4 is 0 Å². The summed E-state index contributed by atoms with van der Waals surface area (Å²) in [5.74, 6) is 2.85. The van der Waals surface area contributed by atoms with Gasteiger partial charge in [-0.3, -0.25) is 0 Å². The van der Waals surface area contributed by atoms with Gasteiger partial charge in [0.2, 0.25) is 0 Å². The molecule has 0 aliphatic heterocycles. The lowest BCUT2D eigenvalue weighted by atomic mass is 9.56. The van der Waals surface area contributed by atoms with Crippen LogP contribution < -0.4 is 5.73 Å². The molecule has 2 saturated carbocycles. The minimum absolute atomic E-state index is 0.585. The van der Waals surface area contributed by atoms with E-state index in [1.54, 1.807) is 0 Å². The highest BCUT2D eigenvalue weighted by atomic mass is 14.6. The summed E-state index contributed by atoms with van der Waals surface area (Å²) in [4.78, 5) is 0. The van der Waals surface area contributed by atoms with Crippen molar-refractivity contribution in [2.24, 2.45) is 28.9 Å². The van der Waals surface area contributed by atoms with E-state index in [2.05, 4.69) is 13.8 Å². The van der Waals surface area contributed by atoms with E-state index in [4.69, 9.17) is 5.73 Å². The van der Waals surface area contributed by atoms with Gasteiger partial charge in [-0.1, -0.05) is 20.3 Å². The first-order chi connectivity index (χ1) is 7.18. The van der Waals surface area contributed by atoms with Crippen molar-refractivity contribution in [3.05, 3.63) is 0 Å². The van der Waals surface area contributed by atoms with E-state index < -0.39 is 0 Å². The fourth-order valence-corrected chi connectivity index (χ4v) is 3.81. The normalized spacial score (nSPS) is 35.2. The van der Waals surface area contributed by atoms with Gasteiger partial charge >= 0.3 is 0 Å². The van der Waals surface area contributed by atoms with E-state index in [0.29, 0.717) is 5.41 Å². The maximum absolute atomic E-state index is 5.99. The smallest absolute Gasteiger partial charge is 0.00179 e. The Morgan fingerprint density at radius 3 is 2.07 bits per heavy atom. The molecule has 0 amide bonds. The predicted molar refractivity (Wildman–Crippen MR) is 65.6 cm³/mol. The van der Waals surface area contributed by atoms with Crippen LogP contribution in [0.15, 0.2) is 0 Å². The summed E-state index contributed by atoms with van der Waals surface area (Å²) < 4.78 is 0. The molecule has 0 aromatic rings. The van der Waals surface area contributed by atoms with Crippen molar-refractivity contribution in [3.63, 3.8) is 0 Å². The average Bonchev–Trinajstić information content (AvgIpc) is 2.18. The van der Waals surface area contributed by atoms with Crippen LogP contribution in [-0.2, 0) is 0 Å². The first-order valence-corrected chi connectivity index (χ1v) is 6.88. The Morgan fingerprint density at radius 2 is 1.73 bits per heavy atom. The molecule has 0 heterocycles. The third kappa shape index (κ3) is 2.08. The first-order valence-electron chi connectivity index (χ1n) is 6.88. The van der Waals surface area contributed by atoms with Crippen LogP contribution in [0.1, 0.15) is 58.8 Å². The van der Waals surface area contributed by atoms with Gasteiger partial charge < -0.3 is 5.73 Å². The van der Waals surface area contributed by atoms with Crippen LogP contribution in [0.3, 0.4) is 0 Å². The molecule has 2 rings (SSSR count). The van der Waals surface area contributed by atoms with Gasteiger partial charge in [-0.25, -0.2) is 0 Å². The molecule has 15 heavy (non-hydrogen) atoms. The predicted octanol–water partition coefficient (Wildman–Crippen LogP) is 3.58. The minimum Gasteiger partial charge on any atom is -0.330 e. The zero-order valence-corrected chi connectivity index (χ0v) is 10.5. The second-order valence-electron chi connectivity index (χ2n) is 6.28. The van der Waals surface area contributed by atoms with Crippen molar-refractivity contribution in [3.8, 4) is 0 Å². The molecule has 0 bridgehead atoms. The monoisotopic (exact) mass is 209 g/mol. The Hall–Kier alpha value is -0.0400. The number of rotatable bonds is 3. The van der Waals surface area contributed by atoms with Crippen LogP contribution in [-0.4, -0.2) is 6.54 Å². The molecule has 0 atom stereocenters. The summed E-state index contributed by atoms with van der Waals surface area (Å²) in [7, 11) is 0. The molecular weight excluding hydrogens is 182 g/mol. The Bertz CT molecular complexity index is 192. The summed E-state index contributed by atoms with van der Waals surface area (Å²) >= 11 is 0. The Morgan fingerprint density at radius 1 is 1.13 bits per heavy atom. The van der Waals surface area contributed by atoms with Gasteiger partial charge in [0, 0.05) is 0 Å². The molecular formula is C14H27N. The standard InChI is InChI=1S/C14H27N/c1-11(2)12-4-6-13(7-5-12)14(10-15)8-3-9-14/h11-13H,3-10,15H2,1-2H3. The first kappa shape index (κ1) is 11.4. The van der Waals surface area contributed by atoms with Gasteiger partial charge in [-0.15, -0.1) is 0 Å². The van der Waals surface area contributed by atoms with Gasteiger partial charge in [-0.2, -0.15) is 0 Å². The fraction of sp³-hybridized carbons (Fsp3) is 1.00. The zero-order valence-electron chi connectivity index (χ0n) is 10.5. The van der Waals surface area contributed by atoms with Crippen LogP contribution in [0.4, 0.5) is 0 Å². The molecule has 2 aliphatic rings. The molecule has 88 valence electrons. The van der Waals surface area contributed by atoms with Crippen LogP contribution in [0.2, 0.25) is 0 Å². The summed E-state index contributed by atoms with van der Waals surface area (Å²) in [5.41, 5.74) is 6.58. The SMILES string of the molecule is CC(C)C1CCC(C2(CN)CCC2)CC1. The molecule has 0 radical (unpaired) electrons. The third-order valence-corrected chi connectivity index (χ3v) is 5.34. The summed E-state index contributed by atoms with van der Waals surface area (Å²) in [5, 5.41) is 0. The summed E-state index contributed by atoms with van der Waals surface area (Å²) in [6.07, 6.45) is 10.1. The van der Waals surface area contributed by atoms with Gasteiger partial charge in [0.05, 0.1) is 0 Å². The highest BCUT2D eigenvalue weighted by Crippen LogP contribution is 2.52. The topological polar surface area (TPSA) is 26.0 Å². The van der Waals surface area contributed by atoms with E-state index in [1.807, 2.05) is 0 Å². The third-order valence-electron chi connectivity index (χ3n) is 5.34. The van der Waals surface area contributed by atoms with Gasteiger partial charge in [0.1, 0.15) is 0 Å². The Kier molecular flexibility index (Phi) is 3.39. The zero-order chi connectivity index (χ0) is 10.9. The van der Waals surface area contributed by atoms with Crippen LogP contribution in [0.5, 0.6) is 0 Å². The molecule has 2 aliphatic carbocycles. The highest BCUT2D eigenvalue weighted by Gasteiger charge is 2.43. The van der Waals surface area contributed by atoms with E-state index in [9.17, 15) is 0 Å². The Balaban J connectivity index is 1.87. The second kappa shape index (κ2) is 4.45. The minimum atomic E-state index is 0.585. The lowest BCUT2D eigenvalue weighted by Gasteiger charge is -2.50. The second-order valence-corrected chi connectivity index (χ2v) is 6.28. The lowest BCUT2D eigenvalue weighted by molar-refractivity contribution is 0.0205. The molecule has 2 N–H and O–H groups in total. The number of nitrogens with two attached hydrogens (primary N) is 1. The van der Waals surface area contributed by atoms with Crippen molar-refractivity contribution in [1.29, 1.82) is 0 Å². The highest BCUT2D eigenvalue weighted by molar-refractivity contribution is 4.96. The van der Waals surface area contributed by atoms with E-state index >= 15 is 0 Å². The molecule has 0 aromatic heterocycles. The largest absolute Gasteiger partial charge is 0.330 e.